The van der Waals surface area contributed by atoms with Gasteiger partial charge in [0.25, 0.3) is 0 Å². The summed E-state index contributed by atoms with van der Waals surface area (Å²) in [5, 5.41) is 8.13. The van der Waals surface area contributed by atoms with E-state index in [1.807, 2.05) is 0 Å². The van der Waals surface area contributed by atoms with Crippen LogP contribution >= 0.6 is 0 Å². The highest BCUT2D eigenvalue weighted by molar-refractivity contribution is 6.28. The van der Waals surface area contributed by atoms with Crippen molar-refractivity contribution in [2.45, 2.75) is 48.3 Å². The second-order valence-electron chi connectivity index (χ2n) is 19.4. The maximum atomic E-state index is 5.64. The summed E-state index contributed by atoms with van der Waals surface area (Å²) in [5.74, 6) is 0.742. The van der Waals surface area contributed by atoms with E-state index < -0.39 is 0 Å². The molecule has 3 unspecified atom stereocenters. The van der Waals surface area contributed by atoms with E-state index >= 15 is 0 Å². The highest BCUT2D eigenvalue weighted by Crippen LogP contribution is 2.78. The SMILES string of the molecule is CC1(C)c2cc3ccccc3cc2-c2cc3c4c5c(ncc4n4c6cnc7c(c6c(c21)c34)C1c2ccccc2C12c1ccccc1C72)C1c2ccccc2C5c2ccccc21. The molecule has 18 rings (SSSR count). The number of fused-ring (bicyclic) bond motifs is 19. The number of hydrogen-bond acceptors (Lipinski definition) is 2. The van der Waals surface area contributed by atoms with E-state index in [9.17, 15) is 0 Å². The molecule has 7 aromatic carbocycles. The molecular weight excluding hydrogens is 739 g/mol. The van der Waals surface area contributed by atoms with Crippen LogP contribution in [0, 0.1) is 0 Å². The van der Waals surface area contributed by atoms with E-state index in [-0.39, 0.29) is 34.5 Å². The molecule has 7 aliphatic rings. The minimum Gasteiger partial charge on any atom is -0.305 e. The number of benzene rings is 7. The average Bonchev–Trinajstić information content (AvgIpc) is 3.94. The highest BCUT2D eigenvalue weighted by atomic mass is 15.0. The Morgan fingerprint density at radius 2 is 1.03 bits per heavy atom. The molecule has 282 valence electrons. The van der Waals surface area contributed by atoms with E-state index in [4.69, 9.17) is 9.97 Å². The lowest BCUT2D eigenvalue weighted by Crippen LogP contribution is -2.52. The summed E-state index contributed by atoms with van der Waals surface area (Å²) in [5.41, 5.74) is 26.0. The molecule has 0 aliphatic heterocycles. The predicted molar refractivity (Wildman–Crippen MR) is 244 cm³/mol. The lowest BCUT2D eigenvalue weighted by atomic mass is 9.43. The van der Waals surface area contributed by atoms with Crippen LogP contribution in [0.2, 0.25) is 0 Å². The van der Waals surface area contributed by atoms with Crippen molar-refractivity contribution < 1.29 is 0 Å². The topological polar surface area (TPSA) is 30.2 Å². The van der Waals surface area contributed by atoms with Gasteiger partial charge in [-0.2, -0.15) is 0 Å². The van der Waals surface area contributed by atoms with E-state index in [0.717, 1.165) is 0 Å². The van der Waals surface area contributed by atoms with Crippen molar-refractivity contribution in [3.05, 3.63) is 230 Å². The van der Waals surface area contributed by atoms with Gasteiger partial charge in [-0.05, 0) is 107 Å². The van der Waals surface area contributed by atoms with Gasteiger partial charge in [0.1, 0.15) is 0 Å². The van der Waals surface area contributed by atoms with Gasteiger partial charge >= 0.3 is 0 Å². The van der Waals surface area contributed by atoms with Crippen LogP contribution in [0.4, 0.5) is 0 Å². The number of hydrogen-bond donors (Lipinski definition) is 0. The lowest BCUT2D eigenvalue weighted by molar-refractivity contribution is 0.331. The highest BCUT2D eigenvalue weighted by Gasteiger charge is 2.70. The molecule has 1 spiro atoms. The van der Waals surface area contributed by atoms with Crippen molar-refractivity contribution in [3.8, 4) is 11.1 Å². The fraction of sp³-hybridized carbons (Fsp3) is 0.138. The van der Waals surface area contributed by atoms with Crippen LogP contribution in [0.5, 0.6) is 0 Å². The zero-order valence-electron chi connectivity index (χ0n) is 33.6. The Balaban J connectivity index is 1.08. The summed E-state index contributed by atoms with van der Waals surface area (Å²) < 4.78 is 2.61. The molecule has 2 bridgehead atoms. The summed E-state index contributed by atoms with van der Waals surface area (Å²) in [7, 11) is 0. The number of nitrogens with zero attached hydrogens (tertiary/aromatic N) is 3. The van der Waals surface area contributed by atoms with Gasteiger partial charge in [-0.3, -0.25) is 9.97 Å². The molecule has 0 N–H and O–H groups in total. The van der Waals surface area contributed by atoms with Crippen LogP contribution in [0.1, 0.15) is 116 Å². The number of aromatic nitrogens is 3. The van der Waals surface area contributed by atoms with Gasteiger partial charge in [0.05, 0.1) is 46.2 Å². The average molecular weight is 774 g/mol. The Morgan fingerprint density at radius 1 is 0.475 bits per heavy atom. The second-order valence-corrected chi connectivity index (χ2v) is 19.4. The molecular formula is C58H35N3. The van der Waals surface area contributed by atoms with Gasteiger partial charge in [0, 0.05) is 50.1 Å². The van der Waals surface area contributed by atoms with Crippen molar-refractivity contribution in [1.82, 2.24) is 14.4 Å². The number of rotatable bonds is 0. The molecule has 0 fully saturated rings. The smallest absolute Gasteiger partial charge is 0.0728 e. The van der Waals surface area contributed by atoms with Crippen LogP contribution < -0.4 is 0 Å². The molecule has 4 aromatic heterocycles. The Kier molecular flexibility index (Phi) is 4.85. The minimum atomic E-state index is -0.234. The first-order valence-electron chi connectivity index (χ1n) is 22.0. The maximum Gasteiger partial charge on any atom is 0.0728 e. The molecule has 0 amide bonds. The Bertz CT molecular complexity index is 3910. The van der Waals surface area contributed by atoms with Gasteiger partial charge in [-0.25, -0.2) is 0 Å². The van der Waals surface area contributed by atoms with Gasteiger partial charge in [0.2, 0.25) is 0 Å². The lowest BCUT2D eigenvalue weighted by Gasteiger charge is -2.58. The first kappa shape index (κ1) is 30.9. The van der Waals surface area contributed by atoms with Crippen molar-refractivity contribution in [3.63, 3.8) is 0 Å². The van der Waals surface area contributed by atoms with Crippen LogP contribution in [-0.2, 0) is 10.8 Å². The van der Waals surface area contributed by atoms with Crippen LogP contribution in [0.15, 0.2) is 152 Å². The molecule has 3 nitrogen and oxygen atoms in total. The first-order chi connectivity index (χ1) is 30.1. The first-order valence-corrected chi connectivity index (χ1v) is 22.0. The fourth-order valence-corrected chi connectivity index (χ4v) is 15.0. The monoisotopic (exact) mass is 773 g/mol. The fourth-order valence-electron chi connectivity index (χ4n) is 15.0. The largest absolute Gasteiger partial charge is 0.305 e. The normalized spacial score (nSPS) is 23.1. The summed E-state index contributed by atoms with van der Waals surface area (Å²) in [6.07, 6.45) is 4.48. The van der Waals surface area contributed by atoms with E-state index in [1.54, 1.807) is 0 Å². The third kappa shape index (κ3) is 3.00. The van der Waals surface area contributed by atoms with Crippen molar-refractivity contribution in [2.75, 3.05) is 0 Å². The molecule has 11 aromatic rings. The van der Waals surface area contributed by atoms with E-state index in [0.29, 0.717) is 0 Å². The van der Waals surface area contributed by atoms with Crippen molar-refractivity contribution in [2.24, 2.45) is 0 Å². The summed E-state index contributed by atoms with van der Waals surface area (Å²) >= 11 is 0. The van der Waals surface area contributed by atoms with Gasteiger partial charge in [0.15, 0.2) is 0 Å². The van der Waals surface area contributed by atoms with Crippen LogP contribution in [0.25, 0.3) is 60.0 Å². The minimum absolute atomic E-state index is 0.0646. The Labute approximate surface area is 351 Å². The Morgan fingerprint density at radius 3 is 1.72 bits per heavy atom. The molecule has 61 heavy (non-hydrogen) atoms. The zero-order valence-corrected chi connectivity index (χ0v) is 33.6. The molecule has 7 aliphatic carbocycles. The molecule has 0 saturated carbocycles. The van der Waals surface area contributed by atoms with Gasteiger partial charge in [-0.1, -0.05) is 135 Å². The quantitative estimate of drug-likeness (QED) is 0.154. The van der Waals surface area contributed by atoms with Crippen molar-refractivity contribution >= 4 is 48.9 Å². The second kappa shape index (κ2) is 9.59. The molecule has 0 saturated heterocycles. The van der Waals surface area contributed by atoms with Gasteiger partial charge < -0.3 is 4.40 Å². The maximum absolute atomic E-state index is 5.64. The molecule has 4 heterocycles. The number of pyridine rings is 2. The predicted octanol–water partition coefficient (Wildman–Crippen LogP) is 13.0. The Hall–Kier alpha value is -7.10. The van der Waals surface area contributed by atoms with Crippen molar-refractivity contribution in [1.29, 1.82) is 0 Å². The molecule has 3 heteroatoms. The molecule has 0 radical (unpaired) electrons. The summed E-state index contributed by atoms with van der Waals surface area (Å²) in [4.78, 5) is 11.2. The molecule has 3 atom stereocenters. The summed E-state index contributed by atoms with van der Waals surface area (Å²) in [6.45, 7) is 4.97. The van der Waals surface area contributed by atoms with Gasteiger partial charge in [-0.15, -0.1) is 0 Å². The van der Waals surface area contributed by atoms with Crippen LogP contribution in [-0.4, -0.2) is 14.4 Å². The standard InChI is InChI=1S/C58H35N3/c1-57(2)41-24-29-14-4-3-13-28(29)23-36(41)37-25-38-46-42(26-59-54-45-32-17-7-5-15-30(32)44(48(46)54)31-16-6-8-18-33(31)45)61-43-27-60-55-49(47(43)50(51(37)57)56(38)61)52-34-19-9-11-21-39(34)58(52)40-22-12-10-20-35(40)53(55)58/h3-27,44-45,52-53H,1-2H3. The van der Waals surface area contributed by atoms with E-state index in [1.165, 1.54) is 138 Å². The zero-order chi connectivity index (χ0) is 39.4. The summed E-state index contributed by atoms with van der Waals surface area (Å²) in [6, 6.07) is 53.4. The third-order valence-corrected chi connectivity index (χ3v) is 17.0. The third-order valence-electron chi connectivity index (χ3n) is 17.0. The van der Waals surface area contributed by atoms with E-state index in [2.05, 4.69) is 170 Å². The van der Waals surface area contributed by atoms with Crippen LogP contribution in [0.3, 0.4) is 0 Å².